The number of esters is 2. The van der Waals surface area contributed by atoms with Gasteiger partial charge in [0.25, 0.3) is 0 Å². The van der Waals surface area contributed by atoms with Crippen LogP contribution in [-0.4, -0.2) is 37.0 Å². The number of nitriles is 2. The van der Waals surface area contributed by atoms with Crippen molar-refractivity contribution in [2.24, 2.45) is 0 Å². The first kappa shape index (κ1) is 30.5. The van der Waals surface area contributed by atoms with Crippen molar-refractivity contribution in [2.45, 2.75) is 13.8 Å². The van der Waals surface area contributed by atoms with E-state index in [0.717, 1.165) is 0 Å². The largest absolute Gasteiger partial charge is 0.458 e. The fourth-order valence-electron chi connectivity index (χ4n) is 3.10. The van der Waals surface area contributed by atoms with Gasteiger partial charge in [-0.25, -0.2) is 9.59 Å². The van der Waals surface area contributed by atoms with Crippen LogP contribution in [0.5, 0.6) is 0 Å². The van der Waals surface area contributed by atoms with Gasteiger partial charge in [0.15, 0.2) is 0 Å². The Labute approximate surface area is 231 Å². The highest BCUT2D eigenvalue weighted by Crippen LogP contribution is 2.15. The predicted molar refractivity (Wildman–Crippen MR) is 147 cm³/mol. The van der Waals surface area contributed by atoms with Gasteiger partial charge in [-0.3, -0.25) is 19.4 Å². The Bertz CT molecular complexity index is 1300. The SMILES string of the molecule is CC(=O)N(/C=C/C=C(\C#N)C(=O)OCCOC(=O)/C(C#N)=C/C=C/N(C(C)=O)c1ccccc1)c1ccccc1. The Morgan fingerprint density at radius 3 is 1.32 bits per heavy atom. The Morgan fingerprint density at radius 2 is 1.02 bits per heavy atom. The Morgan fingerprint density at radius 1 is 0.675 bits per heavy atom. The van der Waals surface area contributed by atoms with E-state index in [1.165, 1.54) is 60.4 Å². The quantitative estimate of drug-likeness (QED) is 0.137. The molecule has 2 aromatic carbocycles. The molecule has 10 heteroatoms. The summed E-state index contributed by atoms with van der Waals surface area (Å²) in [5.74, 6) is -2.46. The molecule has 2 rings (SSSR count). The normalized spacial score (nSPS) is 11.4. The van der Waals surface area contributed by atoms with Crippen molar-refractivity contribution < 1.29 is 28.7 Å². The van der Waals surface area contributed by atoms with Crippen LogP contribution in [0.25, 0.3) is 0 Å². The third-order valence-corrected chi connectivity index (χ3v) is 4.97. The fraction of sp³-hybridized carbons (Fsp3) is 0.133. The summed E-state index contributed by atoms with van der Waals surface area (Å²) in [5.41, 5.74) is 0.540. The molecule has 0 spiro atoms. The van der Waals surface area contributed by atoms with Crippen LogP contribution in [0.15, 0.2) is 109 Å². The molecule has 0 aromatic heterocycles. The summed E-state index contributed by atoms with van der Waals surface area (Å²) >= 11 is 0. The number of carbonyl (C=O) groups is 4. The van der Waals surface area contributed by atoms with Crippen molar-refractivity contribution in [1.29, 1.82) is 10.5 Å². The molecule has 0 atom stereocenters. The highest BCUT2D eigenvalue weighted by Gasteiger charge is 2.13. The smallest absolute Gasteiger partial charge is 0.349 e. The minimum atomic E-state index is -0.957. The molecule has 0 bridgehead atoms. The monoisotopic (exact) mass is 538 g/mol. The van der Waals surface area contributed by atoms with Crippen molar-refractivity contribution in [3.05, 3.63) is 109 Å². The van der Waals surface area contributed by atoms with Gasteiger partial charge in [0, 0.05) is 37.6 Å². The maximum atomic E-state index is 12.2. The first-order valence-corrected chi connectivity index (χ1v) is 11.9. The van der Waals surface area contributed by atoms with Crippen LogP contribution in [-0.2, 0) is 28.7 Å². The Hall–Kier alpha value is -5.74. The number of para-hydroxylation sites is 2. The molecule has 0 heterocycles. The zero-order chi connectivity index (χ0) is 29.3. The second-order valence-corrected chi connectivity index (χ2v) is 7.79. The zero-order valence-corrected chi connectivity index (χ0v) is 21.9. The molecule has 0 fully saturated rings. The van der Waals surface area contributed by atoms with Crippen LogP contribution in [0.3, 0.4) is 0 Å². The minimum absolute atomic E-state index is 0.271. The van der Waals surface area contributed by atoms with E-state index in [1.54, 1.807) is 72.8 Å². The summed E-state index contributed by atoms with van der Waals surface area (Å²) in [7, 11) is 0. The maximum absolute atomic E-state index is 12.2. The van der Waals surface area contributed by atoms with Gasteiger partial charge in [0.2, 0.25) is 11.8 Å². The topological polar surface area (TPSA) is 141 Å². The zero-order valence-electron chi connectivity index (χ0n) is 21.9. The van der Waals surface area contributed by atoms with E-state index >= 15 is 0 Å². The Balaban J connectivity index is 1.91. The van der Waals surface area contributed by atoms with Crippen LogP contribution in [0.1, 0.15) is 13.8 Å². The number of carbonyl (C=O) groups excluding carboxylic acids is 4. The molecule has 2 aromatic rings. The predicted octanol–water partition coefficient (Wildman–Crippen LogP) is 4.11. The van der Waals surface area contributed by atoms with Crippen molar-refractivity contribution in [2.75, 3.05) is 23.0 Å². The number of hydrogen-bond acceptors (Lipinski definition) is 8. The lowest BCUT2D eigenvalue weighted by Crippen LogP contribution is -2.21. The average molecular weight is 539 g/mol. The lowest BCUT2D eigenvalue weighted by molar-refractivity contribution is -0.146. The van der Waals surface area contributed by atoms with Crippen LogP contribution in [0.4, 0.5) is 11.4 Å². The third-order valence-electron chi connectivity index (χ3n) is 4.97. The highest BCUT2D eigenvalue weighted by molar-refractivity contribution is 5.95. The first-order chi connectivity index (χ1) is 19.3. The van der Waals surface area contributed by atoms with E-state index in [2.05, 4.69) is 0 Å². The van der Waals surface area contributed by atoms with Crippen molar-refractivity contribution in [1.82, 2.24) is 0 Å². The highest BCUT2D eigenvalue weighted by atomic mass is 16.6. The molecular formula is C30H26N4O6. The number of benzene rings is 2. The van der Waals surface area contributed by atoms with Gasteiger partial charge in [-0.1, -0.05) is 36.4 Å². The van der Waals surface area contributed by atoms with E-state index in [9.17, 15) is 29.7 Å². The van der Waals surface area contributed by atoms with Crippen molar-refractivity contribution in [3.63, 3.8) is 0 Å². The van der Waals surface area contributed by atoms with E-state index in [-0.39, 0.29) is 36.2 Å². The van der Waals surface area contributed by atoms with Gasteiger partial charge in [0.05, 0.1) is 0 Å². The lowest BCUT2D eigenvalue weighted by atomic mass is 10.2. The van der Waals surface area contributed by atoms with Gasteiger partial charge in [-0.05, 0) is 48.6 Å². The van der Waals surface area contributed by atoms with Gasteiger partial charge >= 0.3 is 11.9 Å². The number of allylic oxidation sites excluding steroid dienone is 4. The summed E-state index contributed by atoms with van der Waals surface area (Å²) < 4.78 is 9.91. The molecule has 0 unspecified atom stereocenters. The summed E-state index contributed by atoms with van der Waals surface area (Å²) in [6.45, 7) is 2.02. The molecule has 202 valence electrons. The van der Waals surface area contributed by atoms with Crippen molar-refractivity contribution in [3.8, 4) is 12.1 Å². The maximum Gasteiger partial charge on any atom is 0.349 e. The molecule has 0 aliphatic rings. The molecule has 0 saturated heterocycles. The first-order valence-electron chi connectivity index (χ1n) is 11.9. The fourth-order valence-corrected chi connectivity index (χ4v) is 3.10. The lowest BCUT2D eigenvalue weighted by Gasteiger charge is -2.15. The second kappa shape index (κ2) is 16.2. The molecule has 40 heavy (non-hydrogen) atoms. The van der Waals surface area contributed by atoms with E-state index in [4.69, 9.17) is 9.47 Å². The molecule has 0 radical (unpaired) electrons. The summed E-state index contributed by atoms with van der Waals surface area (Å²) in [5, 5.41) is 18.5. The van der Waals surface area contributed by atoms with E-state index < -0.39 is 11.9 Å². The Kier molecular flexibility index (Phi) is 12.3. The third kappa shape index (κ3) is 9.61. The van der Waals surface area contributed by atoms with E-state index in [0.29, 0.717) is 11.4 Å². The average Bonchev–Trinajstić information content (AvgIpc) is 2.95. The summed E-state index contributed by atoms with van der Waals surface area (Å²) in [6.07, 6.45) is 7.91. The van der Waals surface area contributed by atoms with Crippen LogP contribution in [0, 0.1) is 22.7 Å². The molecule has 2 amide bonds. The molecule has 0 aliphatic heterocycles. The van der Waals surface area contributed by atoms with Gasteiger partial charge in [-0.2, -0.15) is 10.5 Å². The van der Waals surface area contributed by atoms with Gasteiger partial charge in [-0.15, -0.1) is 0 Å². The van der Waals surface area contributed by atoms with Crippen LogP contribution < -0.4 is 9.80 Å². The second-order valence-electron chi connectivity index (χ2n) is 7.79. The molecule has 0 N–H and O–H groups in total. The molecule has 10 nitrogen and oxygen atoms in total. The standard InChI is InChI=1S/C30H26N4O6/c1-23(35)33(27-13-5-3-6-14-27)17-9-11-25(21-31)29(37)39-19-20-40-30(38)26(22-32)12-10-18-34(24(2)36)28-15-7-4-8-16-28/h3-18H,19-20H2,1-2H3/b17-9+,18-10+,25-11+,26-12+. The number of rotatable bonds is 11. The number of nitrogens with zero attached hydrogens (tertiary/aromatic N) is 4. The number of ether oxygens (including phenoxy) is 2. The number of amides is 2. The molecule has 0 aliphatic carbocycles. The van der Waals surface area contributed by atoms with E-state index in [1.807, 2.05) is 0 Å². The number of hydrogen-bond donors (Lipinski definition) is 0. The van der Waals surface area contributed by atoms with Gasteiger partial charge in [0.1, 0.15) is 36.5 Å². The molecule has 0 saturated carbocycles. The summed E-state index contributed by atoms with van der Waals surface area (Å²) in [6, 6.07) is 21.0. The van der Waals surface area contributed by atoms with Crippen molar-refractivity contribution >= 4 is 35.1 Å². The van der Waals surface area contributed by atoms with Gasteiger partial charge < -0.3 is 9.47 Å². The molecular weight excluding hydrogens is 512 g/mol. The van der Waals surface area contributed by atoms with Crippen LogP contribution in [0.2, 0.25) is 0 Å². The minimum Gasteiger partial charge on any atom is -0.458 e. The number of anilines is 2. The summed E-state index contributed by atoms with van der Waals surface area (Å²) in [4.78, 5) is 50.9. The van der Waals surface area contributed by atoms with Crippen LogP contribution >= 0.6 is 0 Å².